The summed E-state index contributed by atoms with van der Waals surface area (Å²) in [5.41, 5.74) is 1.43. The van der Waals surface area contributed by atoms with E-state index in [1.807, 2.05) is 0 Å². The summed E-state index contributed by atoms with van der Waals surface area (Å²) in [4.78, 5) is 9.92. The first kappa shape index (κ1) is 15.8. The van der Waals surface area contributed by atoms with Gasteiger partial charge in [0.2, 0.25) is 0 Å². The first-order valence-electron chi connectivity index (χ1n) is 9.33. The van der Waals surface area contributed by atoms with E-state index in [9.17, 15) is 0 Å². The van der Waals surface area contributed by atoms with Crippen molar-refractivity contribution in [1.82, 2.24) is 9.88 Å². The topological polar surface area (TPSA) is 19.4 Å². The third-order valence-corrected chi connectivity index (χ3v) is 5.25. The Hall–Kier alpha value is -1.09. The third-order valence-electron chi connectivity index (χ3n) is 5.25. The summed E-state index contributed by atoms with van der Waals surface area (Å²) < 4.78 is 0. The Balaban J connectivity index is 1.67. The van der Waals surface area contributed by atoms with E-state index in [0.717, 1.165) is 0 Å². The number of anilines is 1. The molecule has 0 unspecified atom stereocenters. The van der Waals surface area contributed by atoms with E-state index in [1.54, 1.807) is 0 Å². The first-order chi connectivity index (χ1) is 10.9. The molecular formula is C19H31N3. The highest BCUT2D eigenvalue weighted by molar-refractivity contribution is 5.40. The summed E-state index contributed by atoms with van der Waals surface area (Å²) >= 11 is 0. The van der Waals surface area contributed by atoms with Crippen LogP contribution in [0, 0.1) is 0 Å². The van der Waals surface area contributed by atoms with E-state index in [0.29, 0.717) is 6.04 Å². The van der Waals surface area contributed by atoms with Gasteiger partial charge in [0, 0.05) is 25.3 Å². The number of rotatable bonds is 5. The molecule has 1 aromatic rings. The average Bonchev–Trinajstić information content (AvgIpc) is 2.61. The number of pyridine rings is 1. The second-order valence-corrected chi connectivity index (χ2v) is 6.90. The third kappa shape index (κ3) is 3.81. The van der Waals surface area contributed by atoms with Gasteiger partial charge in [0.1, 0.15) is 5.82 Å². The Morgan fingerprint density at radius 2 is 1.86 bits per heavy atom. The molecule has 122 valence electrons. The van der Waals surface area contributed by atoms with Crippen molar-refractivity contribution in [3.63, 3.8) is 0 Å². The number of hydrogen-bond acceptors (Lipinski definition) is 3. The molecule has 0 aromatic carbocycles. The van der Waals surface area contributed by atoms with E-state index in [4.69, 9.17) is 4.98 Å². The van der Waals surface area contributed by atoms with Crippen LogP contribution < -0.4 is 4.90 Å². The Morgan fingerprint density at radius 1 is 1.05 bits per heavy atom. The molecule has 0 N–H and O–H groups in total. The fourth-order valence-corrected chi connectivity index (χ4v) is 3.90. The van der Waals surface area contributed by atoms with Crippen molar-refractivity contribution in [2.45, 2.75) is 64.3 Å². The van der Waals surface area contributed by atoms with Crippen molar-refractivity contribution in [3.05, 3.63) is 23.9 Å². The molecule has 0 saturated carbocycles. The Morgan fingerprint density at radius 3 is 2.59 bits per heavy atom. The van der Waals surface area contributed by atoms with Gasteiger partial charge in [-0.05, 0) is 63.2 Å². The van der Waals surface area contributed by atoms with Crippen LogP contribution in [0.2, 0.25) is 0 Å². The standard InChI is InChI=1S/C19H31N3/c1-2-3-12-21-13-8-5-9-18(21)17-10-11-19(20-16-17)22-14-6-4-7-15-22/h10-11,16,18H,2-9,12-15H2,1H3/t18-/m1/s1. The molecule has 3 nitrogen and oxygen atoms in total. The molecule has 1 atom stereocenters. The highest BCUT2D eigenvalue weighted by Crippen LogP contribution is 2.31. The maximum Gasteiger partial charge on any atom is 0.128 e. The normalized spacial score (nSPS) is 23.7. The van der Waals surface area contributed by atoms with Gasteiger partial charge in [-0.1, -0.05) is 25.8 Å². The molecule has 1 aromatic heterocycles. The smallest absolute Gasteiger partial charge is 0.128 e. The minimum absolute atomic E-state index is 0.600. The lowest BCUT2D eigenvalue weighted by atomic mass is 9.96. The fraction of sp³-hybridized carbons (Fsp3) is 0.737. The molecule has 22 heavy (non-hydrogen) atoms. The summed E-state index contributed by atoms with van der Waals surface area (Å²) in [6.07, 6.45) is 12.8. The maximum absolute atomic E-state index is 4.79. The van der Waals surface area contributed by atoms with Gasteiger partial charge in [0.25, 0.3) is 0 Å². The number of unbranched alkanes of at least 4 members (excludes halogenated alkanes) is 1. The molecule has 0 spiro atoms. The van der Waals surface area contributed by atoms with E-state index in [-0.39, 0.29) is 0 Å². The molecule has 2 fully saturated rings. The van der Waals surface area contributed by atoms with Crippen LogP contribution in [0.1, 0.15) is 69.9 Å². The van der Waals surface area contributed by atoms with E-state index >= 15 is 0 Å². The predicted octanol–water partition coefficient (Wildman–Crippen LogP) is 4.40. The summed E-state index contributed by atoms with van der Waals surface area (Å²) in [5, 5.41) is 0. The highest BCUT2D eigenvalue weighted by atomic mass is 15.2. The first-order valence-corrected chi connectivity index (χ1v) is 9.33. The quantitative estimate of drug-likeness (QED) is 0.803. The van der Waals surface area contributed by atoms with Crippen LogP contribution in [-0.4, -0.2) is 36.1 Å². The zero-order valence-corrected chi connectivity index (χ0v) is 14.1. The lowest BCUT2D eigenvalue weighted by Gasteiger charge is -2.36. The second kappa shape index (κ2) is 7.96. The fourth-order valence-electron chi connectivity index (χ4n) is 3.90. The molecule has 0 radical (unpaired) electrons. The van der Waals surface area contributed by atoms with Gasteiger partial charge in [0.15, 0.2) is 0 Å². The summed E-state index contributed by atoms with van der Waals surface area (Å²) in [5.74, 6) is 1.18. The van der Waals surface area contributed by atoms with Gasteiger partial charge in [-0.3, -0.25) is 4.90 Å². The van der Waals surface area contributed by atoms with Crippen molar-refractivity contribution in [1.29, 1.82) is 0 Å². The van der Waals surface area contributed by atoms with Crippen LogP contribution >= 0.6 is 0 Å². The number of aromatic nitrogens is 1. The highest BCUT2D eigenvalue weighted by Gasteiger charge is 2.23. The largest absolute Gasteiger partial charge is 0.357 e. The van der Waals surface area contributed by atoms with Gasteiger partial charge in [-0.25, -0.2) is 4.98 Å². The lowest BCUT2D eigenvalue weighted by molar-refractivity contribution is 0.146. The van der Waals surface area contributed by atoms with E-state index in [1.165, 1.54) is 88.9 Å². The maximum atomic E-state index is 4.79. The van der Waals surface area contributed by atoms with Crippen LogP contribution in [0.4, 0.5) is 5.82 Å². The monoisotopic (exact) mass is 301 g/mol. The number of nitrogens with zero attached hydrogens (tertiary/aromatic N) is 3. The summed E-state index contributed by atoms with van der Waals surface area (Å²) in [6.45, 7) is 7.15. The zero-order valence-electron chi connectivity index (χ0n) is 14.1. The van der Waals surface area contributed by atoms with E-state index in [2.05, 4.69) is 35.1 Å². The molecule has 2 aliphatic heterocycles. The minimum Gasteiger partial charge on any atom is -0.357 e. The predicted molar refractivity (Wildman–Crippen MR) is 93.4 cm³/mol. The molecule has 3 rings (SSSR count). The Kier molecular flexibility index (Phi) is 5.71. The molecule has 3 heterocycles. The minimum atomic E-state index is 0.600. The van der Waals surface area contributed by atoms with Crippen LogP contribution in [0.15, 0.2) is 18.3 Å². The SMILES string of the molecule is CCCCN1CCCC[C@@H]1c1ccc(N2CCCCC2)nc1. The number of likely N-dealkylation sites (tertiary alicyclic amines) is 1. The molecule has 0 bridgehead atoms. The average molecular weight is 301 g/mol. The van der Waals surface area contributed by atoms with Crippen LogP contribution in [0.25, 0.3) is 0 Å². The van der Waals surface area contributed by atoms with Gasteiger partial charge in [-0.2, -0.15) is 0 Å². The van der Waals surface area contributed by atoms with Crippen LogP contribution in [0.3, 0.4) is 0 Å². The Bertz CT molecular complexity index is 436. The van der Waals surface area contributed by atoms with Gasteiger partial charge in [0.05, 0.1) is 0 Å². The van der Waals surface area contributed by atoms with Gasteiger partial charge in [-0.15, -0.1) is 0 Å². The molecule has 2 aliphatic rings. The lowest BCUT2D eigenvalue weighted by Crippen LogP contribution is -2.34. The summed E-state index contributed by atoms with van der Waals surface area (Å²) in [7, 11) is 0. The van der Waals surface area contributed by atoms with Crippen LogP contribution in [-0.2, 0) is 0 Å². The zero-order chi connectivity index (χ0) is 15.2. The van der Waals surface area contributed by atoms with E-state index < -0.39 is 0 Å². The van der Waals surface area contributed by atoms with Crippen molar-refractivity contribution in [2.75, 3.05) is 31.1 Å². The number of piperidine rings is 2. The molecule has 0 amide bonds. The summed E-state index contributed by atoms with van der Waals surface area (Å²) in [6, 6.07) is 5.20. The van der Waals surface area contributed by atoms with Gasteiger partial charge >= 0.3 is 0 Å². The Labute approximate surface area is 135 Å². The van der Waals surface area contributed by atoms with Crippen molar-refractivity contribution < 1.29 is 0 Å². The van der Waals surface area contributed by atoms with Crippen LogP contribution in [0.5, 0.6) is 0 Å². The second-order valence-electron chi connectivity index (χ2n) is 6.90. The number of hydrogen-bond donors (Lipinski definition) is 0. The van der Waals surface area contributed by atoms with Crippen molar-refractivity contribution in [2.24, 2.45) is 0 Å². The van der Waals surface area contributed by atoms with Gasteiger partial charge < -0.3 is 4.90 Å². The molecular weight excluding hydrogens is 270 g/mol. The van der Waals surface area contributed by atoms with Crippen molar-refractivity contribution in [3.8, 4) is 0 Å². The molecule has 2 saturated heterocycles. The molecule has 0 aliphatic carbocycles. The molecule has 3 heteroatoms. The van der Waals surface area contributed by atoms with Crippen molar-refractivity contribution >= 4 is 5.82 Å².